The van der Waals surface area contributed by atoms with Gasteiger partial charge in [-0.2, -0.15) is 0 Å². The first-order chi connectivity index (χ1) is 20.2. The number of likely N-dealkylation sites (tertiary alicyclic amines) is 1. The van der Waals surface area contributed by atoms with Gasteiger partial charge in [0.2, 0.25) is 5.91 Å². The van der Waals surface area contributed by atoms with Crippen LogP contribution in [0.1, 0.15) is 62.1 Å². The van der Waals surface area contributed by atoms with Crippen molar-refractivity contribution < 1.29 is 44.0 Å². The number of rotatable bonds is 10. The van der Waals surface area contributed by atoms with E-state index in [1.54, 1.807) is 12.1 Å². The summed E-state index contributed by atoms with van der Waals surface area (Å²) in [5.41, 5.74) is 1.25. The summed E-state index contributed by atoms with van der Waals surface area (Å²) in [6.45, 7) is 8.56. The van der Waals surface area contributed by atoms with Crippen LogP contribution in [0.15, 0.2) is 42.5 Å². The third kappa shape index (κ3) is 8.98. The first kappa shape index (κ1) is 33.5. The highest BCUT2D eigenvalue weighted by Crippen LogP contribution is 2.35. The lowest BCUT2D eigenvalue weighted by Crippen LogP contribution is -2.52. The average Bonchev–Trinajstić information content (AvgIpc) is 3.44. The van der Waals surface area contributed by atoms with Gasteiger partial charge >= 0.3 is 17.9 Å². The van der Waals surface area contributed by atoms with Crippen molar-refractivity contribution >= 4 is 29.5 Å². The highest BCUT2D eigenvalue weighted by molar-refractivity contribution is 5.88. The molecule has 0 spiro atoms. The molecule has 12 heteroatoms. The monoisotopic (exact) mass is 601 g/mol. The second-order valence-electron chi connectivity index (χ2n) is 11.3. The fourth-order valence-corrected chi connectivity index (χ4v) is 5.84. The Balaban J connectivity index is 0.000000331. The minimum atomic E-state index is -2.74. The Morgan fingerprint density at radius 3 is 2.00 bits per heavy atom. The van der Waals surface area contributed by atoms with Crippen molar-refractivity contribution in [2.24, 2.45) is 0 Å². The Morgan fingerprint density at radius 2 is 1.51 bits per heavy atom. The largest absolute Gasteiger partial charge is 0.481 e. The number of aliphatic hydroxyl groups is 1. The molecule has 43 heavy (non-hydrogen) atoms. The number of piperidine rings is 1. The van der Waals surface area contributed by atoms with E-state index in [1.807, 2.05) is 6.07 Å². The standard InChI is InChI=1S/C25H32FN3O.C6H8O7/c1-19-17-21(9-10-24(19)29-13-5-6-14-29)18-28-15-11-25(12-16-28,27-20(2)30)22-7-3-4-8-23(22)26;7-3(8)1-6(13,5(11)12)2-4(9)10/h3-4,7-10,17H,5-6,11-16,18H2,1-2H3,(H,27,30);13H,1-2H2,(H,7,8)(H,9,10)(H,11,12). The minimum absolute atomic E-state index is 0.111. The number of amides is 1. The lowest BCUT2D eigenvalue weighted by atomic mass is 9.80. The predicted molar refractivity (Wildman–Crippen MR) is 156 cm³/mol. The average molecular weight is 602 g/mol. The van der Waals surface area contributed by atoms with Crippen LogP contribution in [0, 0.1) is 12.7 Å². The van der Waals surface area contributed by atoms with Gasteiger partial charge < -0.3 is 30.6 Å². The molecular weight excluding hydrogens is 561 g/mol. The Kier molecular flexibility index (Phi) is 11.2. The van der Waals surface area contributed by atoms with Gasteiger partial charge in [0.1, 0.15) is 5.82 Å². The van der Waals surface area contributed by atoms with Crippen LogP contribution in [-0.4, -0.2) is 80.9 Å². The van der Waals surface area contributed by atoms with Gasteiger partial charge in [-0.3, -0.25) is 19.3 Å². The highest BCUT2D eigenvalue weighted by atomic mass is 19.1. The number of hydrogen-bond donors (Lipinski definition) is 5. The minimum Gasteiger partial charge on any atom is -0.481 e. The zero-order valence-electron chi connectivity index (χ0n) is 24.5. The Hall–Kier alpha value is -4.03. The molecule has 0 aliphatic carbocycles. The molecule has 2 fully saturated rings. The maximum atomic E-state index is 14.6. The van der Waals surface area contributed by atoms with E-state index in [0.29, 0.717) is 18.4 Å². The molecule has 2 saturated heterocycles. The van der Waals surface area contributed by atoms with Crippen LogP contribution in [0.3, 0.4) is 0 Å². The molecule has 1 amide bonds. The smallest absolute Gasteiger partial charge is 0.336 e. The van der Waals surface area contributed by atoms with Crippen molar-refractivity contribution in [2.75, 3.05) is 31.1 Å². The van der Waals surface area contributed by atoms with Crippen molar-refractivity contribution in [3.8, 4) is 0 Å². The molecule has 234 valence electrons. The number of aliphatic carboxylic acids is 3. The van der Waals surface area contributed by atoms with Crippen LogP contribution >= 0.6 is 0 Å². The summed E-state index contributed by atoms with van der Waals surface area (Å²) in [4.78, 5) is 47.3. The second-order valence-corrected chi connectivity index (χ2v) is 11.3. The first-order valence-corrected chi connectivity index (χ1v) is 14.2. The molecule has 4 rings (SSSR count). The zero-order chi connectivity index (χ0) is 31.8. The summed E-state index contributed by atoms with van der Waals surface area (Å²) in [6, 6.07) is 13.6. The number of carbonyl (C=O) groups excluding carboxylic acids is 1. The van der Waals surface area contributed by atoms with Crippen LogP contribution in [0.5, 0.6) is 0 Å². The van der Waals surface area contributed by atoms with Crippen molar-refractivity contribution in [3.63, 3.8) is 0 Å². The van der Waals surface area contributed by atoms with E-state index in [2.05, 4.69) is 40.2 Å². The number of carboxylic acid groups (broad SMARTS) is 3. The topological polar surface area (TPSA) is 168 Å². The van der Waals surface area contributed by atoms with Gasteiger partial charge in [0.15, 0.2) is 5.60 Å². The summed E-state index contributed by atoms with van der Waals surface area (Å²) in [5, 5.41) is 36.9. The van der Waals surface area contributed by atoms with E-state index in [9.17, 15) is 23.6 Å². The summed E-state index contributed by atoms with van der Waals surface area (Å²) in [6.07, 6.45) is 1.69. The number of hydrogen-bond acceptors (Lipinski definition) is 7. The SMILES string of the molecule is CC(=O)NC1(c2ccccc2F)CCN(Cc2ccc(N3CCCC3)c(C)c2)CC1.O=C(O)CC(O)(CC(=O)O)C(=O)O. The van der Waals surface area contributed by atoms with Crippen molar-refractivity contribution in [2.45, 2.75) is 70.1 Å². The first-order valence-electron chi connectivity index (χ1n) is 14.2. The summed E-state index contributed by atoms with van der Waals surface area (Å²) in [7, 11) is 0. The molecule has 0 unspecified atom stereocenters. The van der Waals surface area contributed by atoms with E-state index >= 15 is 0 Å². The molecule has 0 radical (unpaired) electrons. The molecule has 0 saturated carbocycles. The van der Waals surface area contributed by atoms with Gasteiger partial charge in [-0.05, 0) is 55.9 Å². The molecule has 0 bridgehead atoms. The summed E-state index contributed by atoms with van der Waals surface area (Å²) < 4.78 is 14.6. The van der Waals surface area contributed by atoms with Gasteiger partial charge in [0, 0.05) is 50.9 Å². The van der Waals surface area contributed by atoms with E-state index in [-0.39, 0.29) is 11.7 Å². The number of carbonyl (C=O) groups is 4. The third-order valence-corrected chi connectivity index (χ3v) is 7.91. The van der Waals surface area contributed by atoms with Gasteiger partial charge in [-0.15, -0.1) is 0 Å². The van der Waals surface area contributed by atoms with Gasteiger partial charge in [0.25, 0.3) is 0 Å². The van der Waals surface area contributed by atoms with E-state index in [1.165, 1.54) is 42.6 Å². The van der Waals surface area contributed by atoms with Gasteiger partial charge in [0.05, 0.1) is 18.4 Å². The molecule has 2 aromatic carbocycles. The molecule has 5 N–H and O–H groups in total. The third-order valence-electron chi connectivity index (χ3n) is 7.91. The quantitative estimate of drug-likeness (QED) is 0.273. The zero-order valence-corrected chi connectivity index (χ0v) is 24.5. The molecule has 11 nitrogen and oxygen atoms in total. The van der Waals surface area contributed by atoms with Crippen LogP contribution < -0.4 is 10.2 Å². The molecule has 0 aromatic heterocycles. The number of nitrogens with zero attached hydrogens (tertiary/aromatic N) is 2. The molecule has 2 heterocycles. The van der Waals surface area contributed by atoms with Crippen LogP contribution in [0.25, 0.3) is 0 Å². The van der Waals surface area contributed by atoms with Gasteiger partial charge in [-0.25, -0.2) is 9.18 Å². The molecule has 2 aliphatic rings. The Labute approximate surface area is 249 Å². The number of halogens is 1. The number of carboxylic acids is 3. The van der Waals surface area contributed by atoms with Crippen LogP contribution in [0.4, 0.5) is 10.1 Å². The predicted octanol–water partition coefficient (Wildman–Crippen LogP) is 3.11. The molecule has 2 aromatic rings. The fraction of sp³-hybridized carbons (Fsp3) is 0.484. The lowest BCUT2D eigenvalue weighted by Gasteiger charge is -2.42. The van der Waals surface area contributed by atoms with Gasteiger partial charge in [-0.1, -0.05) is 30.3 Å². The number of anilines is 1. The Bertz CT molecular complexity index is 1300. The normalized spacial score (nSPS) is 16.6. The number of nitrogens with one attached hydrogen (secondary N) is 1. The van der Waals surface area contributed by atoms with Crippen molar-refractivity contribution in [3.05, 3.63) is 65.0 Å². The molecule has 0 atom stereocenters. The summed E-state index contributed by atoms with van der Waals surface area (Å²) >= 11 is 0. The fourth-order valence-electron chi connectivity index (χ4n) is 5.84. The van der Waals surface area contributed by atoms with Crippen LogP contribution in [-0.2, 0) is 31.3 Å². The molecular formula is C31H40FN3O8. The Morgan fingerprint density at radius 1 is 0.930 bits per heavy atom. The number of aryl methyl sites for hydroxylation is 1. The summed E-state index contributed by atoms with van der Waals surface area (Å²) in [5.74, 6) is -5.37. The van der Waals surface area contributed by atoms with Crippen molar-refractivity contribution in [1.29, 1.82) is 0 Å². The second kappa shape index (κ2) is 14.4. The van der Waals surface area contributed by atoms with Crippen molar-refractivity contribution in [1.82, 2.24) is 10.2 Å². The maximum Gasteiger partial charge on any atom is 0.336 e. The van der Waals surface area contributed by atoms with E-state index in [4.69, 9.17) is 20.4 Å². The highest BCUT2D eigenvalue weighted by Gasteiger charge is 2.41. The van der Waals surface area contributed by atoms with E-state index in [0.717, 1.165) is 32.7 Å². The van der Waals surface area contributed by atoms with E-state index < -0.39 is 41.9 Å². The lowest BCUT2D eigenvalue weighted by molar-refractivity contribution is -0.170. The number of benzene rings is 2. The maximum absolute atomic E-state index is 14.6. The molecule has 2 aliphatic heterocycles. The van der Waals surface area contributed by atoms with Crippen LogP contribution in [0.2, 0.25) is 0 Å².